The van der Waals surface area contributed by atoms with Crippen LogP contribution in [0.1, 0.15) is 54.7 Å². The minimum atomic E-state index is -0.258. The van der Waals surface area contributed by atoms with Gasteiger partial charge in [0.15, 0.2) is 11.5 Å². The van der Waals surface area contributed by atoms with Gasteiger partial charge in [-0.1, -0.05) is 61.0 Å². The van der Waals surface area contributed by atoms with Crippen LogP contribution in [0.2, 0.25) is 0 Å². The first-order valence-corrected chi connectivity index (χ1v) is 11.6. The lowest BCUT2D eigenvalue weighted by Gasteiger charge is -2.18. The molecular weight excluding hydrogens is 480 g/mol. The van der Waals surface area contributed by atoms with Gasteiger partial charge in [-0.2, -0.15) is 5.10 Å². The molecule has 0 aliphatic carbocycles. The van der Waals surface area contributed by atoms with Gasteiger partial charge in [0, 0.05) is 10.0 Å². The van der Waals surface area contributed by atoms with Crippen LogP contribution in [-0.2, 0) is 12.0 Å². The molecular formula is C27H29BrN2O3. The van der Waals surface area contributed by atoms with E-state index in [1.165, 1.54) is 5.56 Å². The number of hydrazone groups is 1. The molecule has 1 amide bonds. The van der Waals surface area contributed by atoms with Crippen molar-refractivity contribution in [2.24, 2.45) is 5.10 Å². The third-order valence-corrected chi connectivity index (χ3v) is 5.50. The van der Waals surface area contributed by atoms with E-state index in [4.69, 9.17) is 9.47 Å². The molecule has 0 bridgehead atoms. The predicted octanol–water partition coefficient (Wildman–Crippen LogP) is 6.49. The van der Waals surface area contributed by atoms with Crippen LogP contribution in [0.3, 0.4) is 0 Å². The fourth-order valence-electron chi connectivity index (χ4n) is 3.09. The number of benzene rings is 3. The monoisotopic (exact) mass is 508 g/mol. The van der Waals surface area contributed by atoms with E-state index in [-0.39, 0.29) is 11.3 Å². The standard InChI is InChI=1S/C27H29BrN2O3/c1-5-32-25-16-20(8-15-24(25)33-18-19-6-13-23(28)14-7-19)17-29-30-26(31)21-9-11-22(12-10-21)27(2,3)4/h6-17H,5,18H2,1-4H3,(H,30,31)/b29-17-. The molecule has 1 N–H and O–H groups in total. The van der Waals surface area contributed by atoms with Gasteiger partial charge in [0.05, 0.1) is 12.8 Å². The van der Waals surface area contributed by atoms with Crippen LogP contribution < -0.4 is 14.9 Å². The molecule has 0 aliphatic rings. The van der Waals surface area contributed by atoms with Crippen molar-refractivity contribution in [3.8, 4) is 11.5 Å². The smallest absolute Gasteiger partial charge is 0.271 e. The van der Waals surface area contributed by atoms with Crippen LogP contribution >= 0.6 is 15.9 Å². The van der Waals surface area contributed by atoms with Gasteiger partial charge in [-0.15, -0.1) is 0 Å². The fourth-order valence-corrected chi connectivity index (χ4v) is 3.35. The zero-order valence-corrected chi connectivity index (χ0v) is 21.0. The van der Waals surface area contributed by atoms with Gasteiger partial charge in [-0.05, 0) is 71.5 Å². The summed E-state index contributed by atoms with van der Waals surface area (Å²) >= 11 is 3.43. The molecule has 0 unspecified atom stereocenters. The molecule has 5 nitrogen and oxygen atoms in total. The Bertz CT molecular complexity index is 1100. The van der Waals surface area contributed by atoms with E-state index >= 15 is 0 Å². The first-order valence-electron chi connectivity index (χ1n) is 10.8. The molecule has 0 heterocycles. The Hall–Kier alpha value is -3.12. The maximum atomic E-state index is 12.4. The Morgan fingerprint density at radius 2 is 1.67 bits per heavy atom. The lowest BCUT2D eigenvalue weighted by molar-refractivity contribution is 0.0955. The van der Waals surface area contributed by atoms with Crippen LogP contribution in [-0.4, -0.2) is 18.7 Å². The number of ether oxygens (including phenoxy) is 2. The van der Waals surface area contributed by atoms with Gasteiger partial charge in [-0.25, -0.2) is 5.43 Å². The van der Waals surface area contributed by atoms with Crippen molar-refractivity contribution in [1.82, 2.24) is 5.43 Å². The third-order valence-electron chi connectivity index (χ3n) is 4.97. The number of halogens is 1. The summed E-state index contributed by atoms with van der Waals surface area (Å²) in [5.74, 6) is 1.02. The molecule has 3 aromatic carbocycles. The van der Waals surface area contributed by atoms with Gasteiger partial charge in [0.25, 0.3) is 5.91 Å². The summed E-state index contributed by atoms with van der Waals surface area (Å²) in [5, 5.41) is 4.10. The van der Waals surface area contributed by atoms with Crippen LogP contribution in [0.25, 0.3) is 0 Å². The number of hydrogen-bond donors (Lipinski definition) is 1. The number of hydrogen-bond acceptors (Lipinski definition) is 4. The van der Waals surface area contributed by atoms with Crippen molar-refractivity contribution in [3.05, 3.63) is 93.5 Å². The van der Waals surface area contributed by atoms with Crippen molar-refractivity contribution in [2.45, 2.75) is 39.7 Å². The van der Waals surface area contributed by atoms with Crippen molar-refractivity contribution < 1.29 is 14.3 Å². The molecule has 33 heavy (non-hydrogen) atoms. The number of nitrogens with zero attached hydrogens (tertiary/aromatic N) is 1. The lowest BCUT2D eigenvalue weighted by Crippen LogP contribution is -2.18. The Labute approximate surface area is 204 Å². The molecule has 0 fully saturated rings. The minimum Gasteiger partial charge on any atom is -0.490 e. The zero-order chi connectivity index (χ0) is 23.8. The molecule has 0 aromatic heterocycles. The highest BCUT2D eigenvalue weighted by molar-refractivity contribution is 9.10. The van der Waals surface area contributed by atoms with Crippen LogP contribution in [0.5, 0.6) is 11.5 Å². The molecule has 3 aromatic rings. The minimum absolute atomic E-state index is 0.0412. The quantitative estimate of drug-likeness (QED) is 0.279. The molecule has 0 aliphatic heterocycles. The zero-order valence-electron chi connectivity index (χ0n) is 19.4. The van der Waals surface area contributed by atoms with E-state index in [2.05, 4.69) is 47.2 Å². The van der Waals surface area contributed by atoms with E-state index in [9.17, 15) is 4.79 Å². The second kappa shape index (κ2) is 11.1. The number of nitrogens with one attached hydrogen (secondary N) is 1. The molecule has 0 saturated carbocycles. The van der Waals surface area contributed by atoms with E-state index < -0.39 is 0 Å². The molecule has 172 valence electrons. The molecule has 0 radical (unpaired) electrons. The third kappa shape index (κ3) is 7.19. The molecule has 3 rings (SSSR count). The number of carbonyl (C=O) groups is 1. The maximum absolute atomic E-state index is 12.4. The molecule has 6 heteroatoms. The van der Waals surface area contributed by atoms with Crippen molar-refractivity contribution in [1.29, 1.82) is 0 Å². The Morgan fingerprint density at radius 3 is 2.30 bits per heavy atom. The van der Waals surface area contributed by atoms with Crippen LogP contribution in [0, 0.1) is 0 Å². The van der Waals surface area contributed by atoms with Gasteiger partial charge >= 0.3 is 0 Å². The van der Waals surface area contributed by atoms with Gasteiger partial charge in [0.2, 0.25) is 0 Å². The first kappa shape index (κ1) is 24.5. The van der Waals surface area contributed by atoms with Crippen molar-refractivity contribution in [3.63, 3.8) is 0 Å². The van der Waals surface area contributed by atoms with E-state index in [0.29, 0.717) is 30.3 Å². The van der Waals surface area contributed by atoms with Crippen LogP contribution in [0.4, 0.5) is 0 Å². The van der Waals surface area contributed by atoms with E-state index in [1.807, 2.05) is 73.7 Å². The average Bonchev–Trinajstić information content (AvgIpc) is 2.79. The summed E-state index contributed by atoms with van der Waals surface area (Å²) in [6.07, 6.45) is 1.59. The maximum Gasteiger partial charge on any atom is 0.271 e. The fraction of sp³-hybridized carbons (Fsp3) is 0.259. The van der Waals surface area contributed by atoms with Crippen molar-refractivity contribution >= 4 is 28.1 Å². The Balaban J connectivity index is 1.63. The SMILES string of the molecule is CCOc1cc(/C=N\NC(=O)c2ccc(C(C)(C)C)cc2)ccc1OCc1ccc(Br)cc1. The highest BCUT2D eigenvalue weighted by Crippen LogP contribution is 2.29. The number of rotatable bonds is 8. The summed E-state index contributed by atoms with van der Waals surface area (Å²) in [4.78, 5) is 12.4. The first-order chi connectivity index (χ1) is 15.8. The van der Waals surface area contributed by atoms with Gasteiger partial charge in [0.1, 0.15) is 6.61 Å². The van der Waals surface area contributed by atoms with Gasteiger partial charge in [-0.3, -0.25) is 4.79 Å². The summed E-state index contributed by atoms with van der Waals surface area (Å²) in [7, 11) is 0. The second-order valence-electron chi connectivity index (χ2n) is 8.58. The topological polar surface area (TPSA) is 59.9 Å². The Kier molecular flexibility index (Phi) is 8.28. The van der Waals surface area contributed by atoms with Crippen LogP contribution in [0.15, 0.2) is 76.3 Å². The summed E-state index contributed by atoms with van der Waals surface area (Å²) < 4.78 is 12.7. The largest absolute Gasteiger partial charge is 0.490 e. The lowest BCUT2D eigenvalue weighted by atomic mass is 9.87. The summed E-state index contributed by atoms with van der Waals surface area (Å²) in [6, 6.07) is 21.1. The predicted molar refractivity (Wildman–Crippen MR) is 136 cm³/mol. The average molecular weight is 509 g/mol. The Morgan fingerprint density at radius 1 is 0.970 bits per heavy atom. The van der Waals surface area contributed by atoms with E-state index in [1.54, 1.807) is 6.21 Å². The molecule has 0 atom stereocenters. The van der Waals surface area contributed by atoms with Gasteiger partial charge < -0.3 is 9.47 Å². The highest BCUT2D eigenvalue weighted by atomic mass is 79.9. The second-order valence-corrected chi connectivity index (χ2v) is 9.50. The van der Waals surface area contributed by atoms with Crippen molar-refractivity contribution in [2.75, 3.05) is 6.61 Å². The number of carbonyl (C=O) groups excluding carboxylic acids is 1. The highest BCUT2D eigenvalue weighted by Gasteiger charge is 2.14. The summed E-state index contributed by atoms with van der Waals surface area (Å²) in [6.45, 7) is 9.28. The summed E-state index contributed by atoms with van der Waals surface area (Å²) in [5.41, 5.74) is 6.20. The van der Waals surface area contributed by atoms with E-state index in [0.717, 1.165) is 15.6 Å². The normalized spacial score (nSPS) is 11.4. The number of amides is 1. The molecule has 0 saturated heterocycles. The molecule has 0 spiro atoms.